The van der Waals surface area contributed by atoms with Crippen LogP contribution in [-0.4, -0.2) is 33.2 Å². The average Bonchev–Trinajstić information content (AvgIpc) is 3.35. The van der Waals surface area contributed by atoms with Gasteiger partial charge in [-0.2, -0.15) is 10.1 Å². The fraction of sp³-hybridized carbons (Fsp3) is 0.409. The molecule has 3 atom stereocenters. The van der Waals surface area contributed by atoms with Gasteiger partial charge in [-0.3, -0.25) is 19.1 Å². The van der Waals surface area contributed by atoms with Crippen LogP contribution in [0.5, 0.6) is 0 Å². The van der Waals surface area contributed by atoms with Crippen LogP contribution in [0.3, 0.4) is 0 Å². The number of ketones is 1. The zero-order valence-corrected chi connectivity index (χ0v) is 20.9. The van der Waals surface area contributed by atoms with E-state index >= 15 is 0 Å². The largest absolute Gasteiger partial charge is 0.310 e. The number of aromatic nitrogens is 2. The molecule has 0 saturated carbocycles. The van der Waals surface area contributed by atoms with Crippen LogP contribution in [0.1, 0.15) is 46.6 Å². The van der Waals surface area contributed by atoms with Crippen molar-refractivity contribution < 1.29 is 14.4 Å². The molecule has 176 valence electrons. The summed E-state index contributed by atoms with van der Waals surface area (Å²) in [7, 11) is 0. The Morgan fingerprint density at radius 3 is 2.39 bits per heavy atom. The zero-order valence-electron chi connectivity index (χ0n) is 18.6. The Labute approximate surface area is 206 Å². The number of nitrogens with zero attached hydrogens (tertiary/aromatic N) is 4. The molecule has 0 aliphatic carbocycles. The molecule has 2 heterocycles. The number of amides is 2. The number of rotatable bonds is 7. The topological polar surface area (TPSA) is 96.7 Å². The van der Waals surface area contributed by atoms with Gasteiger partial charge in [-0.15, -0.1) is 5.10 Å². The first kappa shape index (κ1) is 25.2. The summed E-state index contributed by atoms with van der Waals surface area (Å²) in [6.07, 6.45) is 3.96. The van der Waals surface area contributed by atoms with Crippen LogP contribution >= 0.6 is 34.8 Å². The van der Waals surface area contributed by atoms with Gasteiger partial charge >= 0.3 is 0 Å². The first-order valence-electron chi connectivity index (χ1n) is 10.4. The molecular weight excluding hydrogens is 489 g/mol. The molecule has 11 heteroatoms. The van der Waals surface area contributed by atoms with Crippen LogP contribution in [0.25, 0.3) is 0 Å². The molecule has 0 bridgehead atoms. The van der Waals surface area contributed by atoms with Crippen molar-refractivity contribution in [2.45, 2.75) is 46.6 Å². The number of Topliss-reactive ketones (excluding diaryl/α,β-unsaturated/α-hetero) is 1. The van der Waals surface area contributed by atoms with Crippen LogP contribution in [0, 0.1) is 11.3 Å². The predicted molar refractivity (Wildman–Crippen MR) is 129 cm³/mol. The molecule has 1 N–H and O–H groups in total. The minimum Gasteiger partial charge on any atom is -0.310 e. The number of hydrogen-bond donors (Lipinski definition) is 1. The maximum atomic E-state index is 13.4. The number of carbonyl (C=O) groups excluding carboxylic acids is 3. The van der Waals surface area contributed by atoms with Crippen molar-refractivity contribution in [2.24, 2.45) is 16.4 Å². The van der Waals surface area contributed by atoms with Crippen LogP contribution in [0.4, 0.5) is 5.69 Å². The molecule has 2 aromatic rings. The maximum Gasteiger partial charge on any atom is 0.280 e. The Kier molecular flexibility index (Phi) is 7.51. The van der Waals surface area contributed by atoms with Gasteiger partial charge in [0.1, 0.15) is 11.5 Å². The number of carbonyl (C=O) groups is 3. The number of benzene rings is 1. The van der Waals surface area contributed by atoms with Crippen molar-refractivity contribution >= 4 is 63.9 Å². The summed E-state index contributed by atoms with van der Waals surface area (Å²) in [5.74, 6) is -1.07. The van der Waals surface area contributed by atoms with E-state index in [4.69, 9.17) is 34.8 Å². The lowest BCUT2D eigenvalue weighted by Crippen LogP contribution is -2.46. The molecule has 1 aromatic heterocycles. The van der Waals surface area contributed by atoms with Gasteiger partial charge in [0.25, 0.3) is 5.91 Å². The lowest BCUT2D eigenvalue weighted by atomic mass is 9.77. The summed E-state index contributed by atoms with van der Waals surface area (Å²) in [5, 5.41) is 12.9. The summed E-state index contributed by atoms with van der Waals surface area (Å²) < 4.78 is 1.39. The van der Waals surface area contributed by atoms with E-state index in [0.717, 1.165) is 5.01 Å². The van der Waals surface area contributed by atoms with Gasteiger partial charge in [0, 0.05) is 28.7 Å². The van der Waals surface area contributed by atoms with Gasteiger partial charge in [-0.25, -0.2) is 0 Å². The van der Waals surface area contributed by atoms with Gasteiger partial charge in [0.2, 0.25) is 5.91 Å². The number of hydrazone groups is 1. The van der Waals surface area contributed by atoms with Crippen LogP contribution in [0.2, 0.25) is 15.1 Å². The normalized spacial score (nSPS) is 18.6. The molecule has 1 aliphatic rings. The second-order valence-electron chi connectivity index (χ2n) is 8.33. The molecule has 0 saturated heterocycles. The van der Waals surface area contributed by atoms with E-state index in [2.05, 4.69) is 15.5 Å². The Morgan fingerprint density at radius 2 is 1.88 bits per heavy atom. The van der Waals surface area contributed by atoms with E-state index in [0.29, 0.717) is 17.9 Å². The Balaban J connectivity index is 2.00. The van der Waals surface area contributed by atoms with Gasteiger partial charge in [0.05, 0.1) is 10.0 Å². The van der Waals surface area contributed by atoms with Crippen molar-refractivity contribution in [3.63, 3.8) is 0 Å². The van der Waals surface area contributed by atoms with Gasteiger partial charge < -0.3 is 5.32 Å². The standard InChI is InChI=1S/C22H24Cl3N5O3/c1-5-22(4,11-12(2)13(3)31)21(33)27-19-18(29-8-6-7-26-29)20(32)30(28-19)17-15(24)9-14(23)10-16(17)25/h6-10,12,18H,5,11H2,1-4H3,(H,27,28,33). The number of nitrogens with one attached hydrogen (secondary N) is 1. The molecule has 0 radical (unpaired) electrons. The molecule has 3 rings (SSSR count). The lowest BCUT2D eigenvalue weighted by molar-refractivity contribution is -0.131. The molecule has 3 unspecified atom stereocenters. The molecule has 1 aromatic carbocycles. The van der Waals surface area contributed by atoms with Crippen LogP contribution in [-0.2, 0) is 14.4 Å². The highest BCUT2D eigenvalue weighted by Gasteiger charge is 2.43. The fourth-order valence-corrected chi connectivity index (χ4v) is 4.57. The molecule has 0 fully saturated rings. The monoisotopic (exact) mass is 511 g/mol. The summed E-state index contributed by atoms with van der Waals surface area (Å²) >= 11 is 18.6. The number of anilines is 1. The summed E-state index contributed by atoms with van der Waals surface area (Å²) in [6.45, 7) is 6.95. The van der Waals surface area contributed by atoms with Crippen molar-refractivity contribution in [1.29, 1.82) is 0 Å². The second-order valence-corrected chi connectivity index (χ2v) is 9.58. The molecule has 8 nitrogen and oxygen atoms in total. The maximum absolute atomic E-state index is 13.4. The summed E-state index contributed by atoms with van der Waals surface area (Å²) in [6, 6.07) is 3.52. The van der Waals surface area contributed by atoms with E-state index in [1.165, 1.54) is 29.9 Å². The van der Waals surface area contributed by atoms with Crippen molar-refractivity contribution in [3.05, 3.63) is 45.7 Å². The molecular formula is C22H24Cl3N5O3. The number of halogens is 3. The minimum absolute atomic E-state index is 0.00322. The average molecular weight is 513 g/mol. The van der Waals surface area contributed by atoms with E-state index in [1.54, 1.807) is 26.1 Å². The highest BCUT2D eigenvalue weighted by Crippen LogP contribution is 2.40. The first-order chi connectivity index (χ1) is 15.5. The lowest BCUT2D eigenvalue weighted by Gasteiger charge is -2.29. The van der Waals surface area contributed by atoms with Gasteiger partial charge in [0.15, 0.2) is 11.9 Å². The van der Waals surface area contributed by atoms with Gasteiger partial charge in [-0.05, 0) is 38.0 Å². The number of hydrogen-bond acceptors (Lipinski definition) is 5. The molecule has 1 aliphatic heterocycles. The third kappa shape index (κ3) is 5.08. The third-order valence-electron chi connectivity index (χ3n) is 5.91. The predicted octanol–water partition coefficient (Wildman–Crippen LogP) is 4.89. The van der Waals surface area contributed by atoms with E-state index in [1.807, 2.05) is 6.92 Å². The number of amidine groups is 1. The highest BCUT2D eigenvalue weighted by molar-refractivity contribution is 6.42. The van der Waals surface area contributed by atoms with Crippen LogP contribution < -0.4 is 10.3 Å². The quantitative estimate of drug-likeness (QED) is 0.571. The summed E-state index contributed by atoms with van der Waals surface area (Å²) in [4.78, 5) is 38.5. The van der Waals surface area contributed by atoms with Crippen molar-refractivity contribution in [2.75, 3.05) is 5.01 Å². The van der Waals surface area contributed by atoms with E-state index < -0.39 is 17.4 Å². The highest BCUT2D eigenvalue weighted by atomic mass is 35.5. The summed E-state index contributed by atoms with van der Waals surface area (Å²) in [5.41, 5.74) is -0.702. The third-order valence-corrected chi connectivity index (χ3v) is 6.71. The second kappa shape index (κ2) is 9.83. The van der Waals surface area contributed by atoms with Crippen molar-refractivity contribution in [3.8, 4) is 0 Å². The Morgan fingerprint density at radius 1 is 1.24 bits per heavy atom. The Hall–Kier alpha value is -2.42. The molecule has 0 spiro atoms. The first-order valence-corrected chi connectivity index (χ1v) is 11.5. The zero-order chi connectivity index (χ0) is 24.5. The van der Waals surface area contributed by atoms with Crippen LogP contribution in [0.15, 0.2) is 35.7 Å². The molecule has 33 heavy (non-hydrogen) atoms. The molecule has 2 amide bonds. The van der Waals surface area contributed by atoms with Crippen molar-refractivity contribution in [1.82, 2.24) is 15.1 Å². The van der Waals surface area contributed by atoms with Gasteiger partial charge in [-0.1, -0.05) is 55.6 Å². The fourth-order valence-electron chi connectivity index (χ4n) is 3.59. The minimum atomic E-state index is -1.03. The SMILES string of the molecule is CCC(C)(CC(C)C(C)=O)C(=O)NC1=NN(c2c(Cl)cc(Cl)cc2Cl)C(=O)C1n1cccn1. The Bertz CT molecular complexity index is 1100. The van der Waals surface area contributed by atoms with E-state index in [-0.39, 0.29) is 39.2 Å². The smallest absolute Gasteiger partial charge is 0.280 e. The van der Waals surface area contributed by atoms with E-state index in [9.17, 15) is 14.4 Å².